The van der Waals surface area contributed by atoms with Crippen LogP contribution in [0.2, 0.25) is 5.02 Å². The summed E-state index contributed by atoms with van der Waals surface area (Å²) in [4.78, 5) is 15.0. The molecule has 132 valence electrons. The normalized spacial score (nSPS) is 11.8. The van der Waals surface area contributed by atoms with Gasteiger partial charge in [0.1, 0.15) is 6.33 Å². The Balaban J connectivity index is 1.73. The van der Waals surface area contributed by atoms with Gasteiger partial charge in [0.15, 0.2) is 26.8 Å². The maximum Gasteiger partial charge on any atom is 0.178 e. The number of hydrogen-bond donors (Lipinski definition) is 0. The van der Waals surface area contributed by atoms with E-state index in [9.17, 15) is 8.42 Å². The zero-order valence-electron chi connectivity index (χ0n) is 13.9. The van der Waals surface area contributed by atoms with Crippen molar-refractivity contribution in [2.24, 2.45) is 0 Å². The van der Waals surface area contributed by atoms with E-state index in [0.717, 1.165) is 5.82 Å². The molecule has 0 amide bonds. The van der Waals surface area contributed by atoms with Gasteiger partial charge >= 0.3 is 0 Å². The van der Waals surface area contributed by atoms with E-state index >= 15 is 0 Å². The number of imidazole rings is 1. The van der Waals surface area contributed by atoms with E-state index < -0.39 is 9.84 Å². The standard InChI is InChI=1S/C16H18ClN5O2S/c1-21(2)15-14-16(19-10-18-15)22(11-20-14)8-3-9-25(23,24)13-6-4-12(17)5-7-13/h4-7,10-11H,3,8-9H2,1-2H3. The monoisotopic (exact) mass is 379 g/mol. The van der Waals surface area contributed by atoms with Crippen LogP contribution in [0.5, 0.6) is 0 Å². The van der Waals surface area contributed by atoms with Crippen LogP contribution >= 0.6 is 11.6 Å². The molecule has 25 heavy (non-hydrogen) atoms. The molecule has 0 unspecified atom stereocenters. The summed E-state index contributed by atoms with van der Waals surface area (Å²) >= 11 is 5.80. The lowest BCUT2D eigenvalue weighted by Crippen LogP contribution is -2.12. The Morgan fingerprint density at radius 1 is 1.12 bits per heavy atom. The van der Waals surface area contributed by atoms with Crippen molar-refractivity contribution in [3.05, 3.63) is 41.9 Å². The maximum absolute atomic E-state index is 12.4. The second-order valence-corrected chi connectivity index (χ2v) is 8.37. The van der Waals surface area contributed by atoms with Crippen LogP contribution in [0.25, 0.3) is 11.2 Å². The van der Waals surface area contributed by atoms with Gasteiger partial charge in [-0.3, -0.25) is 0 Å². The van der Waals surface area contributed by atoms with E-state index in [4.69, 9.17) is 11.6 Å². The minimum Gasteiger partial charge on any atom is -0.361 e. The van der Waals surface area contributed by atoms with Gasteiger partial charge in [0.05, 0.1) is 17.0 Å². The predicted molar refractivity (Wildman–Crippen MR) is 97.8 cm³/mol. The highest BCUT2D eigenvalue weighted by atomic mass is 35.5. The van der Waals surface area contributed by atoms with Crippen LogP contribution in [0, 0.1) is 0 Å². The number of anilines is 1. The predicted octanol–water partition coefficient (Wildman–Crippen LogP) is 2.41. The summed E-state index contributed by atoms with van der Waals surface area (Å²) in [5.74, 6) is 0.775. The number of aryl methyl sites for hydroxylation is 1. The van der Waals surface area contributed by atoms with Gasteiger partial charge in [-0.2, -0.15) is 0 Å². The van der Waals surface area contributed by atoms with Crippen molar-refractivity contribution in [1.29, 1.82) is 0 Å². The second-order valence-electron chi connectivity index (χ2n) is 5.83. The zero-order chi connectivity index (χ0) is 18.0. The van der Waals surface area contributed by atoms with Crippen LogP contribution in [0.15, 0.2) is 41.8 Å². The van der Waals surface area contributed by atoms with E-state index in [2.05, 4.69) is 15.0 Å². The third kappa shape index (κ3) is 3.74. The zero-order valence-corrected chi connectivity index (χ0v) is 15.5. The van der Waals surface area contributed by atoms with Crippen molar-refractivity contribution in [3.8, 4) is 0 Å². The quantitative estimate of drug-likeness (QED) is 0.654. The molecule has 2 heterocycles. The fourth-order valence-corrected chi connectivity index (χ4v) is 3.97. The first-order valence-corrected chi connectivity index (χ1v) is 9.73. The van der Waals surface area contributed by atoms with E-state index in [1.165, 1.54) is 18.5 Å². The van der Waals surface area contributed by atoms with Gasteiger partial charge in [-0.15, -0.1) is 0 Å². The summed E-state index contributed by atoms with van der Waals surface area (Å²) < 4.78 is 26.6. The summed E-state index contributed by atoms with van der Waals surface area (Å²) in [6.45, 7) is 0.507. The number of rotatable bonds is 6. The smallest absolute Gasteiger partial charge is 0.178 e. The molecule has 1 aromatic carbocycles. The third-order valence-corrected chi connectivity index (χ3v) is 5.86. The first kappa shape index (κ1) is 17.6. The fraction of sp³-hybridized carbons (Fsp3) is 0.312. The number of sulfone groups is 1. The largest absolute Gasteiger partial charge is 0.361 e. The van der Waals surface area contributed by atoms with Crippen molar-refractivity contribution < 1.29 is 8.42 Å². The van der Waals surface area contributed by atoms with Gasteiger partial charge in [-0.1, -0.05) is 11.6 Å². The van der Waals surface area contributed by atoms with Crippen LogP contribution in [-0.4, -0.2) is 47.8 Å². The van der Waals surface area contributed by atoms with E-state index in [1.54, 1.807) is 18.5 Å². The lowest BCUT2D eigenvalue weighted by molar-refractivity contribution is 0.587. The Morgan fingerprint density at radius 3 is 2.52 bits per heavy atom. The molecule has 0 saturated carbocycles. The Hall–Kier alpha value is -2.19. The number of nitrogens with zero attached hydrogens (tertiary/aromatic N) is 5. The lowest BCUT2D eigenvalue weighted by atomic mass is 10.4. The first-order chi connectivity index (χ1) is 11.9. The highest BCUT2D eigenvalue weighted by Gasteiger charge is 2.15. The number of aromatic nitrogens is 4. The Bertz CT molecular complexity index is 983. The highest BCUT2D eigenvalue weighted by Crippen LogP contribution is 2.20. The molecular formula is C16H18ClN5O2S. The van der Waals surface area contributed by atoms with Crippen LogP contribution < -0.4 is 4.90 Å². The van der Waals surface area contributed by atoms with Crippen molar-refractivity contribution in [2.45, 2.75) is 17.9 Å². The summed E-state index contributed by atoms with van der Waals surface area (Å²) in [5.41, 5.74) is 1.40. The molecule has 0 bridgehead atoms. The molecule has 7 nitrogen and oxygen atoms in total. The van der Waals surface area contributed by atoms with Gasteiger partial charge in [-0.25, -0.2) is 23.4 Å². The number of fused-ring (bicyclic) bond motifs is 1. The molecule has 0 aliphatic rings. The van der Waals surface area contributed by atoms with Gasteiger partial charge in [0.2, 0.25) is 0 Å². The Morgan fingerprint density at radius 2 is 1.84 bits per heavy atom. The molecule has 9 heteroatoms. The molecule has 0 atom stereocenters. The van der Waals surface area contributed by atoms with Gasteiger partial charge in [0, 0.05) is 25.7 Å². The van der Waals surface area contributed by atoms with Crippen molar-refractivity contribution in [3.63, 3.8) is 0 Å². The van der Waals surface area contributed by atoms with Gasteiger partial charge < -0.3 is 9.47 Å². The Labute approximate surface area is 151 Å². The molecule has 3 rings (SSSR count). The van der Waals surface area contributed by atoms with Crippen molar-refractivity contribution in [2.75, 3.05) is 24.7 Å². The molecule has 3 aromatic rings. The lowest BCUT2D eigenvalue weighted by Gasteiger charge is -2.11. The van der Waals surface area contributed by atoms with Crippen LogP contribution in [0.1, 0.15) is 6.42 Å². The van der Waals surface area contributed by atoms with Crippen LogP contribution in [-0.2, 0) is 16.4 Å². The molecule has 0 spiro atoms. The van der Waals surface area contributed by atoms with Gasteiger partial charge in [0.25, 0.3) is 0 Å². The topological polar surface area (TPSA) is 81.0 Å². The third-order valence-electron chi connectivity index (χ3n) is 3.79. The minimum atomic E-state index is -3.34. The molecule has 2 aromatic heterocycles. The minimum absolute atomic E-state index is 0.0416. The number of hydrogen-bond acceptors (Lipinski definition) is 6. The molecule has 0 aliphatic carbocycles. The Kier molecular flexibility index (Phi) is 4.91. The first-order valence-electron chi connectivity index (χ1n) is 7.70. The molecule has 0 radical (unpaired) electrons. The maximum atomic E-state index is 12.4. The average Bonchev–Trinajstić information content (AvgIpc) is 2.98. The second kappa shape index (κ2) is 6.97. The van der Waals surface area contributed by atoms with Crippen LogP contribution in [0.3, 0.4) is 0 Å². The summed E-state index contributed by atoms with van der Waals surface area (Å²) in [7, 11) is 0.438. The average molecular weight is 380 g/mol. The molecule has 0 saturated heterocycles. The molecule has 0 aliphatic heterocycles. The highest BCUT2D eigenvalue weighted by molar-refractivity contribution is 7.91. The van der Waals surface area contributed by atoms with Crippen LogP contribution in [0.4, 0.5) is 5.82 Å². The fourth-order valence-electron chi connectivity index (χ4n) is 2.54. The van der Waals surface area contributed by atoms with Gasteiger partial charge in [-0.05, 0) is 30.7 Å². The molecule has 0 N–H and O–H groups in total. The summed E-state index contributed by atoms with van der Waals surface area (Å²) in [6, 6.07) is 6.22. The van der Waals surface area contributed by atoms with E-state index in [0.29, 0.717) is 29.2 Å². The number of benzene rings is 1. The molecular weight excluding hydrogens is 362 g/mol. The van der Waals surface area contributed by atoms with Crippen molar-refractivity contribution >= 4 is 38.4 Å². The van der Waals surface area contributed by atoms with E-state index in [-0.39, 0.29) is 10.6 Å². The van der Waals surface area contributed by atoms with Crippen molar-refractivity contribution in [1.82, 2.24) is 19.5 Å². The van der Waals surface area contributed by atoms with E-state index in [1.807, 2.05) is 23.6 Å². The number of halogens is 1. The summed E-state index contributed by atoms with van der Waals surface area (Å²) in [5, 5.41) is 0.514. The summed E-state index contributed by atoms with van der Waals surface area (Å²) in [6.07, 6.45) is 3.61. The molecule has 0 fully saturated rings. The SMILES string of the molecule is CN(C)c1ncnc2c1ncn2CCCS(=O)(=O)c1ccc(Cl)cc1.